The molecule has 1 aromatic rings. The molecule has 1 heterocycles. The summed E-state index contributed by atoms with van der Waals surface area (Å²) in [5.74, 6) is 1.06. The van der Waals surface area contributed by atoms with Crippen molar-refractivity contribution in [2.24, 2.45) is 17.6 Å². The molecule has 3 amide bonds. The lowest BCUT2D eigenvalue weighted by molar-refractivity contribution is -0.137. The first-order chi connectivity index (χ1) is 13.1. The van der Waals surface area contributed by atoms with Gasteiger partial charge in [-0.25, -0.2) is 4.79 Å². The molecule has 0 bridgehead atoms. The Morgan fingerprint density at radius 1 is 1.11 bits per heavy atom. The Hall–Kier alpha value is -1.79. The third-order valence-corrected chi connectivity index (χ3v) is 6.71. The minimum Gasteiger partial charge on any atom is -0.340 e. The van der Waals surface area contributed by atoms with Crippen molar-refractivity contribution in [3.63, 3.8) is 0 Å². The number of nitrogens with one attached hydrogen (secondary N) is 2. The number of rotatable bonds is 4. The standard InChI is InChI=1S/C21H30N4O2.ClH/c22-18-9-8-16-13-25(14-17(16)18)19(26)21(10-4-5-11-21)24-20(27)23-12-15-6-2-1-3-7-15;/h1-3,6-7,16-18H,4-5,8-14,22H2,(H2,23,24,27);1H. The van der Waals surface area contributed by atoms with Crippen LogP contribution in [0.4, 0.5) is 4.79 Å². The van der Waals surface area contributed by atoms with Crippen LogP contribution in [0.2, 0.25) is 0 Å². The van der Waals surface area contributed by atoms with Crippen molar-refractivity contribution < 1.29 is 9.59 Å². The number of likely N-dealkylation sites (tertiary alicyclic amines) is 1. The van der Waals surface area contributed by atoms with Crippen LogP contribution in [0.1, 0.15) is 44.1 Å². The molecule has 3 unspecified atom stereocenters. The second-order valence-electron chi connectivity index (χ2n) is 8.46. The summed E-state index contributed by atoms with van der Waals surface area (Å²) in [6, 6.07) is 9.76. The first kappa shape index (κ1) is 20.9. The van der Waals surface area contributed by atoms with E-state index in [1.807, 2.05) is 35.2 Å². The van der Waals surface area contributed by atoms with Gasteiger partial charge in [0.2, 0.25) is 5.91 Å². The first-order valence-corrected chi connectivity index (χ1v) is 10.2. The largest absolute Gasteiger partial charge is 0.340 e. The van der Waals surface area contributed by atoms with E-state index in [1.165, 1.54) is 0 Å². The van der Waals surface area contributed by atoms with Crippen molar-refractivity contribution in [1.29, 1.82) is 0 Å². The van der Waals surface area contributed by atoms with Crippen molar-refractivity contribution in [1.82, 2.24) is 15.5 Å². The quantitative estimate of drug-likeness (QED) is 0.717. The highest BCUT2D eigenvalue weighted by molar-refractivity contribution is 5.91. The van der Waals surface area contributed by atoms with E-state index in [2.05, 4.69) is 10.6 Å². The molecule has 0 aromatic heterocycles. The molecule has 6 nitrogen and oxygen atoms in total. The molecule has 28 heavy (non-hydrogen) atoms. The van der Waals surface area contributed by atoms with Crippen molar-refractivity contribution >= 4 is 24.3 Å². The molecule has 3 aliphatic rings. The average molecular weight is 407 g/mol. The number of nitrogens with zero attached hydrogens (tertiary/aromatic N) is 1. The molecule has 2 aliphatic carbocycles. The fourth-order valence-corrected chi connectivity index (χ4v) is 5.19. The Morgan fingerprint density at radius 2 is 1.82 bits per heavy atom. The van der Waals surface area contributed by atoms with Gasteiger partial charge in [-0.1, -0.05) is 43.2 Å². The van der Waals surface area contributed by atoms with E-state index in [0.29, 0.717) is 18.4 Å². The van der Waals surface area contributed by atoms with Crippen molar-refractivity contribution in [3.05, 3.63) is 35.9 Å². The number of nitrogens with two attached hydrogens (primary N) is 1. The summed E-state index contributed by atoms with van der Waals surface area (Å²) in [6.45, 7) is 2.01. The van der Waals surface area contributed by atoms with Gasteiger partial charge in [-0.2, -0.15) is 0 Å². The maximum absolute atomic E-state index is 13.4. The Bertz CT molecular complexity index is 693. The zero-order chi connectivity index (χ0) is 18.9. The lowest BCUT2D eigenvalue weighted by atomic mass is 9.95. The van der Waals surface area contributed by atoms with E-state index < -0.39 is 5.54 Å². The number of hydrogen-bond acceptors (Lipinski definition) is 3. The van der Waals surface area contributed by atoms with Gasteiger partial charge in [0.1, 0.15) is 5.54 Å². The molecule has 4 rings (SSSR count). The minimum absolute atomic E-state index is 0. The van der Waals surface area contributed by atoms with Gasteiger partial charge >= 0.3 is 6.03 Å². The minimum atomic E-state index is -0.747. The van der Waals surface area contributed by atoms with Gasteiger partial charge < -0.3 is 21.3 Å². The summed E-state index contributed by atoms with van der Waals surface area (Å²) in [5, 5.41) is 5.95. The number of carbonyl (C=O) groups is 2. The molecule has 0 radical (unpaired) electrons. The molecule has 1 aliphatic heterocycles. The molecule has 7 heteroatoms. The number of hydrogen-bond donors (Lipinski definition) is 3. The van der Waals surface area contributed by atoms with Gasteiger partial charge in [0.25, 0.3) is 0 Å². The van der Waals surface area contributed by atoms with Gasteiger partial charge in [0.15, 0.2) is 0 Å². The molecule has 4 N–H and O–H groups in total. The van der Waals surface area contributed by atoms with Crippen LogP contribution in [0.3, 0.4) is 0 Å². The van der Waals surface area contributed by atoms with Gasteiger partial charge in [-0.3, -0.25) is 4.79 Å². The predicted octanol–water partition coefficient (Wildman–Crippen LogP) is 2.42. The topological polar surface area (TPSA) is 87.5 Å². The second kappa shape index (κ2) is 8.70. The van der Waals surface area contributed by atoms with Crippen LogP contribution in [0.5, 0.6) is 0 Å². The molecule has 3 fully saturated rings. The van der Waals surface area contributed by atoms with Crippen molar-refractivity contribution in [3.8, 4) is 0 Å². The van der Waals surface area contributed by atoms with Crippen molar-refractivity contribution in [2.45, 2.75) is 56.7 Å². The molecule has 0 spiro atoms. The highest BCUT2D eigenvalue weighted by atomic mass is 35.5. The van der Waals surface area contributed by atoms with Crippen LogP contribution in [0, 0.1) is 11.8 Å². The Labute approximate surface area is 173 Å². The number of carbonyl (C=O) groups excluding carboxylic acids is 2. The van der Waals surface area contributed by atoms with E-state index >= 15 is 0 Å². The molecule has 1 saturated heterocycles. The number of amides is 3. The third kappa shape index (κ3) is 4.13. The third-order valence-electron chi connectivity index (χ3n) is 6.71. The maximum Gasteiger partial charge on any atom is 0.315 e. The van der Waals surface area contributed by atoms with E-state index in [1.54, 1.807) is 0 Å². The summed E-state index contributed by atoms with van der Waals surface area (Å²) >= 11 is 0. The van der Waals surface area contributed by atoms with Crippen molar-refractivity contribution in [2.75, 3.05) is 13.1 Å². The fourth-order valence-electron chi connectivity index (χ4n) is 5.19. The smallest absolute Gasteiger partial charge is 0.315 e. The Morgan fingerprint density at radius 3 is 2.50 bits per heavy atom. The van der Waals surface area contributed by atoms with Gasteiger partial charge in [0, 0.05) is 25.7 Å². The number of halogens is 1. The first-order valence-electron chi connectivity index (χ1n) is 10.2. The lowest BCUT2D eigenvalue weighted by Crippen LogP contribution is -2.59. The normalized spacial score (nSPS) is 27.8. The van der Waals surface area contributed by atoms with Crippen LogP contribution in [-0.4, -0.2) is 41.5 Å². The molecule has 154 valence electrons. The zero-order valence-electron chi connectivity index (χ0n) is 16.2. The van der Waals surface area contributed by atoms with E-state index in [0.717, 1.165) is 57.2 Å². The highest BCUT2D eigenvalue weighted by Crippen LogP contribution is 2.40. The summed E-state index contributed by atoms with van der Waals surface area (Å²) in [5.41, 5.74) is 6.52. The zero-order valence-corrected chi connectivity index (χ0v) is 17.0. The van der Waals surface area contributed by atoms with Crippen LogP contribution in [0.25, 0.3) is 0 Å². The number of fused-ring (bicyclic) bond motifs is 1. The average Bonchev–Trinajstić information content (AvgIpc) is 3.39. The van der Waals surface area contributed by atoms with E-state index in [-0.39, 0.29) is 30.4 Å². The van der Waals surface area contributed by atoms with Crippen LogP contribution >= 0.6 is 12.4 Å². The Balaban J connectivity index is 0.00000225. The molecular weight excluding hydrogens is 376 g/mol. The number of benzene rings is 1. The maximum atomic E-state index is 13.4. The molecular formula is C21H31ClN4O2. The monoisotopic (exact) mass is 406 g/mol. The van der Waals surface area contributed by atoms with Gasteiger partial charge in [-0.15, -0.1) is 12.4 Å². The van der Waals surface area contributed by atoms with Crippen LogP contribution < -0.4 is 16.4 Å². The molecule has 3 atom stereocenters. The predicted molar refractivity (Wildman–Crippen MR) is 111 cm³/mol. The van der Waals surface area contributed by atoms with Gasteiger partial charge in [0.05, 0.1) is 0 Å². The fraction of sp³-hybridized carbons (Fsp3) is 0.619. The molecule has 1 aromatic carbocycles. The Kier molecular flexibility index (Phi) is 6.50. The second-order valence-corrected chi connectivity index (χ2v) is 8.46. The lowest BCUT2D eigenvalue weighted by Gasteiger charge is -2.33. The SMILES string of the molecule is Cl.NC1CCC2CN(C(=O)C3(NC(=O)NCc4ccccc4)CCCC3)CC12. The summed E-state index contributed by atoms with van der Waals surface area (Å²) in [7, 11) is 0. The highest BCUT2D eigenvalue weighted by Gasteiger charge is 2.49. The van der Waals surface area contributed by atoms with Crippen LogP contribution in [-0.2, 0) is 11.3 Å². The van der Waals surface area contributed by atoms with Crippen LogP contribution in [0.15, 0.2) is 30.3 Å². The summed E-state index contributed by atoms with van der Waals surface area (Å²) < 4.78 is 0. The van der Waals surface area contributed by atoms with Gasteiger partial charge in [-0.05, 0) is 43.1 Å². The number of urea groups is 1. The van der Waals surface area contributed by atoms with E-state index in [9.17, 15) is 9.59 Å². The molecule has 2 saturated carbocycles. The summed E-state index contributed by atoms with van der Waals surface area (Å²) in [6.07, 6.45) is 5.59. The summed E-state index contributed by atoms with van der Waals surface area (Å²) in [4.78, 5) is 27.9. The van der Waals surface area contributed by atoms with E-state index in [4.69, 9.17) is 5.73 Å².